The van der Waals surface area contributed by atoms with Gasteiger partial charge in [0.05, 0.1) is 0 Å². The molecule has 0 fully saturated rings. The van der Waals surface area contributed by atoms with Crippen LogP contribution in [0.3, 0.4) is 0 Å². The highest BCUT2D eigenvalue weighted by atomic mass is 14.8. The molecule has 1 N–H and O–H groups in total. The van der Waals surface area contributed by atoms with E-state index < -0.39 is 0 Å². The van der Waals surface area contributed by atoms with Gasteiger partial charge in [-0.2, -0.15) is 0 Å². The van der Waals surface area contributed by atoms with E-state index in [9.17, 15) is 0 Å². The van der Waals surface area contributed by atoms with Crippen molar-refractivity contribution in [1.82, 2.24) is 5.32 Å². The molecule has 1 atom stereocenters. The lowest BCUT2D eigenvalue weighted by molar-refractivity contribution is 0.438. The zero-order valence-electron chi connectivity index (χ0n) is 9.19. The van der Waals surface area contributed by atoms with Gasteiger partial charge in [-0.05, 0) is 31.3 Å². The van der Waals surface area contributed by atoms with E-state index in [1.165, 1.54) is 25.8 Å². The van der Waals surface area contributed by atoms with Crippen molar-refractivity contribution in [3.8, 4) is 0 Å². The molecule has 0 aromatic heterocycles. The summed E-state index contributed by atoms with van der Waals surface area (Å²) in [5, 5.41) is 3.39. The molecule has 0 aliphatic rings. The van der Waals surface area contributed by atoms with Gasteiger partial charge in [0.1, 0.15) is 0 Å². The van der Waals surface area contributed by atoms with Gasteiger partial charge >= 0.3 is 0 Å². The van der Waals surface area contributed by atoms with Gasteiger partial charge in [-0.1, -0.05) is 40.5 Å². The molecule has 1 nitrogen and oxygen atoms in total. The number of hydrogen-bond donors (Lipinski definition) is 1. The molecule has 0 aromatic carbocycles. The molecule has 0 saturated heterocycles. The third-order valence-corrected chi connectivity index (χ3v) is 2.22. The molecule has 0 aliphatic heterocycles. The molecular weight excluding hydrogens is 146 g/mol. The lowest BCUT2D eigenvalue weighted by Crippen LogP contribution is -2.20. The second kappa shape index (κ2) is 7.60. The zero-order valence-corrected chi connectivity index (χ0v) is 9.19. The summed E-state index contributed by atoms with van der Waals surface area (Å²) in [5.41, 5.74) is 0. The standard InChI is InChI=1S/C11H25N/c1-5-12-9-11(4)8-6-7-10(2)3/h10-12H,5-9H2,1-4H3. The van der Waals surface area contributed by atoms with E-state index in [2.05, 4.69) is 33.0 Å². The van der Waals surface area contributed by atoms with E-state index in [0.29, 0.717) is 0 Å². The minimum atomic E-state index is 0.851. The molecule has 12 heavy (non-hydrogen) atoms. The largest absolute Gasteiger partial charge is 0.317 e. The van der Waals surface area contributed by atoms with Gasteiger partial charge in [-0.3, -0.25) is 0 Å². The predicted octanol–water partition coefficient (Wildman–Crippen LogP) is 3.06. The molecule has 1 unspecified atom stereocenters. The summed E-state index contributed by atoms with van der Waals surface area (Å²) in [6.45, 7) is 11.4. The summed E-state index contributed by atoms with van der Waals surface area (Å²) in [4.78, 5) is 0. The van der Waals surface area contributed by atoms with Crippen LogP contribution in [-0.4, -0.2) is 13.1 Å². The normalized spacial score (nSPS) is 13.8. The minimum Gasteiger partial charge on any atom is -0.317 e. The Morgan fingerprint density at radius 2 is 1.75 bits per heavy atom. The molecule has 0 saturated carbocycles. The Bertz CT molecular complexity index is 89.0. The van der Waals surface area contributed by atoms with Crippen molar-refractivity contribution < 1.29 is 0 Å². The molecule has 0 aliphatic carbocycles. The van der Waals surface area contributed by atoms with Gasteiger partial charge in [0.15, 0.2) is 0 Å². The van der Waals surface area contributed by atoms with Crippen molar-refractivity contribution in [2.45, 2.75) is 47.0 Å². The third-order valence-electron chi connectivity index (χ3n) is 2.22. The molecule has 74 valence electrons. The average molecular weight is 171 g/mol. The van der Waals surface area contributed by atoms with E-state index in [4.69, 9.17) is 0 Å². The Balaban J connectivity index is 3.13. The summed E-state index contributed by atoms with van der Waals surface area (Å²) in [5.74, 6) is 1.72. The highest BCUT2D eigenvalue weighted by Crippen LogP contribution is 2.11. The topological polar surface area (TPSA) is 12.0 Å². The van der Waals surface area contributed by atoms with Crippen molar-refractivity contribution in [2.75, 3.05) is 13.1 Å². The lowest BCUT2D eigenvalue weighted by atomic mass is 10.00. The number of nitrogens with one attached hydrogen (secondary N) is 1. The Morgan fingerprint density at radius 3 is 2.25 bits per heavy atom. The van der Waals surface area contributed by atoms with Crippen molar-refractivity contribution in [3.63, 3.8) is 0 Å². The smallest absolute Gasteiger partial charge is 0.00233 e. The van der Waals surface area contributed by atoms with Crippen molar-refractivity contribution >= 4 is 0 Å². The molecule has 0 rings (SSSR count). The van der Waals surface area contributed by atoms with Gasteiger partial charge in [-0.15, -0.1) is 0 Å². The number of hydrogen-bond acceptors (Lipinski definition) is 1. The highest BCUT2D eigenvalue weighted by Gasteiger charge is 2.01. The van der Waals surface area contributed by atoms with Crippen LogP contribution < -0.4 is 5.32 Å². The second-order valence-electron chi connectivity index (χ2n) is 4.24. The fraction of sp³-hybridized carbons (Fsp3) is 1.00. The minimum absolute atomic E-state index is 0.851. The summed E-state index contributed by atoms with van der Waals surface area (Å²) in [6.07, 6.45) is 4.16. The van der Waals surface area contributed by atoms with Crippen molar-refractivity contribution in [1.29, 1.82) is 0 Å². The average Bonchev–Trinajstić information content (AvgIpc) is 2.00. The maximum absolute atomic E-state index is 3.39. The van der Waals surface area contributed by atoms with Crippen LogP contribution in [0.15, 0.2) is 0 Å². The maximum atomic E-state index is 3.39. The quantitative estimate of drug-likeness (QED) is 0.621. The fourth-order valence-electron chi connectivity index (χ4n) is 1.37. The van der Waals surface area contributed by atoms with Crippen LogP contribution in [0.4, 0.5) is 0 Å². The van der Waals surface area contributed by atoms with E-state index in [1.54, 1.807) is 0 Å². The molecule has 0 aromatic rings. The first-order valence-corrected chi connectivity index (χ1v) is 5.37. The van der Waals surface area contributed by atoms with Crippen LogP contribution in [0.25, 0.3) is 0 Å². The Hall–Kier alpha value is -0.0400. The Kier molecular flexibility index (Phi) is 7.58. The lowest BCUT2D eigenvalue weighted by Gasteiger charge is -2.12. The van der Waals surface area contributed by atoms with Gasteiger partial charge in [0.2, 0.25) is 0 Å². The van der Waals surface area contributed by atoms with Gasteiger partial charge in [0, 0.05) is 0 Å². The summed E-state index contributed by atoms with van der Waals surface area (Å²) >= 11 is 0. The zero-order chi connectivity index (χ0) is 9.40. The summed E-state index contributed by atoms with van der Waals surface area (Å²) in [6, 6.07) is 0. The fourth-order valence-corrected chi connectivity index (χ4v) is 1.37. The first-order chi connectivity index (χ1) is 5.66. The van der Waals surface area contributed by atoms with Gasteiger partial charge in [0.25, 0.3) is 0 Å². The second-order valence-corrected chi connectivity index (χ2v) is 4.24. The molecule has 1 heteroatoms. The van der Waals surface area contributed by atoms with E-state index >= 15 is 0 Å². The highest BCUT2D eigenvalue weighted by molar-refractivity contribution is 4.57. The van der Waals surface area contributed by atoms with Crippen molar-refractivity contribution in [2.24, 2.45) is 11.8 Å². The molecule has 0 bridgehead atoms. The van der Waals surface area contributed by atoms with Crippen LogP contribution in [0.5, 0.6) is 0 Å². The molecule has 0 heterocycles. The predicted molar refractivity (Wildman–Crippen MR) is 56.4 cm³/mol. The maximum Gasteiger partial charge on any atom is -0.00233 e. The Morgan fingerprint density at radius 1 is 1.08 bits per heavy atom. The monoisotopic (exact) mass is 171 g/mol. The summed E-state index contributed by atoms with van der Waals surface area (Å²) in [7, 11) is 0. The van der Waals surface area contributed by atoms with Crippen LogP contribution >= 0.6 is 0 Å². The van der Waals surface area contributed by atoms with Gasteiger partial charge in [-0.25, -0.2) is 0 Å². The Labute approximate surface area is 77.9 Å². The van der Waals surface area contributed by atoms with Crippen LogP contribution in [0.1, 0.15) is 47.0 Å². The van der Waals surface area contributed by atoms with Crippen LogP contribution in [0.2, 0.25) is 0 Å². The SMILES string of the molecule is CCNCC(C)CCCC(C)C. The number of rotatable bonds is 7. The van der Waals surface area contributed by atoms with E-state index in [0.717, 1.165) is 18.4 Å². The van der Waals surface area contributed by atoms with E-state index in [-0.39, 0.29) is 0 Å². The van der Waals surface area contributed by atoms with Crippen molar-refractivity contribution in [3.05, 3.63) is 0 Å². The first kappa shape index (κ1) is 12.0. The first-order valence-electron chi connectivity index (χ1n) is 5.37. The molecule has 0 spiro atoms. The van der Waals surface area contributed by atoms with Crippen LogP contribution in [-0.2, 0) is 0 Å². The third kappa shape index (κ3) is 8.06. The van der Waals surface area contributed by atoms with Gasteiger partial charge < -0.3 is 5.32 Å². The molecular formula is C11H25N. The molecule has 0 amide bonds. The van der Waals surface area contributed by atoms with Crippen LogP contribution in [0, 0.1) is 11.8 Å². The van der Waals surface area contributed by atoms with E-state index in [1.807, 2.05) is 0 Å². The summed E-state index contributed by atoms with van der Waals surface area (Å²) < 4.78 is 0. The molecule has 0 radical (unpaired) electrons.